The van der Waals surface area contributed by atoms with Gasteiger partial charge in [-0.1, -0.05) is 55.1 Å². The number of ether oxygens (including phenoxy) is 1. The van der Waals surface area contributed by atoms with Crippen molar-refractivity contribution in [3.8, 4) is 0 Å². The quantitative estimate of drug-likeness (QED) is 0.665. The minimum atomic E-state index is -0.415. The number of carbonyl (C=O) groups excluding carboxylic acids is 1. The van der Waals surface area contributed by atoms with E-state index >= 15 is 0 Å². The summed E-state index contributed by atoms with van der Waals surface area (Å²) in [4.78, 5) is 11.8. The van der Waals surface area contributed by atoms with Gasteiger partial charge in [0.15, 0.2) is 0 Å². The maximum Gasteiger partial charge on any atom is 0.335 e. The van der Waals surface area contributed by atoms with E-state index in [-0.39, 0.29) is 6.04 Å². The van der Waals surface area contributed by atoms with E-state index in [0.717, 1.165) is 11.3 Å². The van der Waals surface area contributed by atoms with Crippen molar-refractivity contribution in [1.82, 2.24) is 0 Å². The number of rotatable bonds is 5. The second kappa shape index (κ2) is 6.57. The van der Waals surface area contributed by atoms with E-state index in [2.05, 4.69) is 11.9 Å². The Bertz CT molecular complexity index is 578. The topological polar surface area (TPSA) is 38.3 Å². The van der Waals surface area contributed by atoms with Gasteiger partial charge in [0.1, 0.15) is 0 Å². The predicted molar refractivity (Wildman–Crippen MR) is 80.4 cm³/mol. The molecule has 0 aliphatic rings. The summed E-state index contributed by atoms with van der Waals surface area (Å²) in [6.07, 6.45) is 0. The lowest BCUT2D eigenvalue weighted by Crippen LogP contribution is -2.19. The van der Waals surface area contributed by atoms with Crippen molar-refractivity contribution >= 4 is 11.7 Å². The van der Waals surface area contributed by atoms with Gasteiger partial charge in [0.25, 0.3) is 0 Å². The summed E-state index contributed by atoms with van der Waals surface area (Å²) in [5.41, 5.74) is 2.26. The van der Waals surface area contributed by atoms with E-state index in [0.29, 0.717) is 5.57 Å². The zero-order chi connectivity index (χ0) is 14.4. The Balaban J connectivity index is 2.30. The van der Waals surface area contributed by atoms with Gasteiger partial charge in [-0.3, -0.25) is 0 Å². The third-order valence-electron chi connectivity index (χ3n) is 3.01. The minimum absolute atomic E-state index is 0.314. The van der Waals surface area contributed by atoms with Crippen LogP contribution in [0.3, 0.4) is 0 Å². The van der Waals surface area contributed by atoms with Crippen LogP contribution in [0.25, 0.3) is 0 Å². The van der Waals surface area contributed by atoms with Gasteiger partial charge < -0.3 is 10.1 Å². The fraction of sp³-hybridized carbons (Fsp3) is 0.118. The van der Waals surface area contributed by atoms with Crippen LogP contribution in [0.5, 0.6) is 0 Å². The normalized spacial score (nSPS) is 11.4. The molecule has 0 spiro atoms. The predicted octanol–water partition coefficient (Wildman–Crippen LogP) is 3.57. The van der Waals surface area contributed by atoms with E-state index in [9.17, 15) is 4.79 Å². The molecule has 1 N–H and O–H groups in total. The van der Waals surface area contributed by atoms with Gasteiger partial charge in [-0.25, -0.2) is 4.79 Å². The summed E-state index contributed by atoms with van der Waals surface area (Å²) >= 11 is 0. The number of methoxy groups -OCH3 is 1. The SMILES string of the molecule is C=C(C(=O)OC)C(Nc1ccccc1)c1ccccc1. The first-order valence-corrected chi connectivity index (χ1v) is 6.36. The summed E-state index contributed by atoms with van der Waals surface area (Å²) < 4.78 is 4.77. The molecule has 0 saturated heterocycles. The molecule has 20 heavy (non-hydrogen) atoms. The first-order chi connectivity index (χ1) is 9.72. The van der Waals surface area contributed by atoms with E-state index in [1.54, 1.807) is 0 Å². The van der Waals surface area contributed by atoms with Crippen LogP contribution in [0.1, 0.15) is 11.6 Å². The lowest BCUT2D eigenvalue weighted by molar-refractivity contribution is -0.136. The van der Waals surface area contributed by atoms with Gasteiger partial charge in [0.2, 0.25) is 0 Å². The smallest absolute Gasteiger partial charge is 0.335 e. The molecule has 3 nitrogen and oxygen atoms in total. The van der Waals surface area contributed by atoms with Crippen molar-refractivity contribution in [2.45, 2.75) is 6.04 Å². The highest BCUT2D eigenvalue weighted by Crippen LogP contribution is 2.26. The Kier molecular flexibility index (Phi) is 4.56. The number of para-hydroxylation sites is 1. The molecule has 0 fully saturated rings. The number of benzene rings is 2. The van der Waals surface area contributed by atoms with Gasteiger partial charge >= 0.3 is 5.97 Å². The fourth-order valence-electron chi connectivity index (χ4n) is 1.97. The molecule has 0 bridgehead atoms. The second-order valence-electron chi connectivity index (χ2n) is 4.37. The van der Waals surface area contributed by atoms with Crippen molar-refractivity contribution in [2.24, 2.45) is 0 Å². The van der Waals surface area contributed by atoms with Crippen LogP contribution < -0.4 is 5.32 Å². The number of carbonyl (C=O) groups is 1. The minimum Gasteiger partial charge on any atom is -0.466 e. The first kappa shape index (κ1) is 13.9. The molecule has 0 saturated carbocycles. The Morgan fingerprint density at radius 1 is 1.05 bits per heavy atom. The van der Waals surface area contributed by atoms with E-state index < -0.39 is 5.97 Å². The molecular weight excluding hydrogens is 250 g/mol. The molecule has 3 heteroatoms. The van der Waals surface area contributed by atoms with Crippen molar-refractivity contribution in [1.29, 1.82) is 0 Å². The van der Waals surface area contributed by atoms with Gasteiger partial charge in [-0.05, 0) is 17.7 Å². The third kappa shape index (κ3) is 3.26. The number of hydrogen-bond acceptors (Lipinski definition) is 3. The number of nitrogens with one attached hydrogen (secondary N) is 1. The van der Waals surface area contributed by atoms with Gasteiger partial charge in [-0.15, -0.1) is 0 Å². The maximum absolute atomic E-state index is 11.8. The molecule has 0 aliphatic heterocycles. The van der Waals surface area contributed by atoms with Crippen LogP contribution in [-0.2, 0) is 9.53 Å². The largest absolute Gasteiger partial charge is 0.466 e. The molecule has 2 rings (SSSR count). The summed E-state index contributed by atoms with van der Waals surface area (Å²) in [6.45, 7) is 3.86. The summed E-state index contributed by atoms with van der Waals surface area (Å²) in [6, 6.07) is 19.1. The number of esters is 1. The van der Waals surface area contributed by atoms with Gasteiger partial charge in [0.05, 0.1) is 18.7 Å². The van der Waals surface area contributed by atoms with Crippen molar-refractivity contribution < 1.29 is 9.53 Å². The highest BCUT2D eigenvalue weighted by Gasteiger charge is 2.21. The summed E-state index contributed by atoms with van der Waals surface area (Å²) in [5.74, 6) is -0.415. The zero-order valence-electron chi connectivity index (χ0n) is 11.4. The molecule has 2 aromatic rings. The van der Waals surface area contributed by atoms with E-state index in [4.69, 9.17) is 4.74 Å². The average Bonchev–Trinajstić information content (AvgIpc) is 2.53. The lowest BCUT2D eigenvalue weighted by Gasteiger charge is -2.21. The molecule has 1 unspecified atom stereocenters. The fourth-order valence-corrected chi connectivity index (χ4v) is 1.97. The summed E-state index contributed by atoms with van der Waals surface area (Å²) in [7, 11) is 1.36. The highest BCUT2D eigenvalue weighted by molar-refractivity contribution is 5.90. The molecule has 2 aromatic carbocycles. The molecule has 0 heterocycles. The Hall–Kier alpha value is -2.55. The number of hydrogen-bond donors (Lipinski definition) is 1. The van der Waals surface area contributed by atoms with Crippen molar-refractivity contribution in [3.05, 3.63) is 78.4 Å². The second-order valence-corrected chi connectivity index (χ2v) is 4.37. The zero-order valence-corrected chi connectivity index (χ0v) is 11.4. The Morgan fingerprint density at radius 2 is 1.60 bits per heavy atom. The molecule has 0 aromatic heterocycles. The van der Waals surface area contributed by atoms with Crippen molar-refractivity contribution in [2.75, 3.05) is 12.4 Å². The van der Waals surface area contributed by atoms with Gasteiger partial charge in [0, 0.05) is 5.69 Å². The number of anilines is 1. The van der Waals surface area contributed by atoms with E-state index in [1.807, 2.05) is 60.7 Å². The third-order valence-corrected chi connectivity index (χ3v) is 3.01. The van der Waals surface area contributed by atoms with Crippen LogP contribution in [-0.4, -0.2) is 13.1 Å². The monoisotopic (exact) mass is 267 g/mol. The van der Waals surface area contributed by atoms with Crippen LogP contribution in [0, 0.1) is 0 Å². The van der Waals surface area contributed by atoms with E-state index in [1.165, 1.54) is 7.11 Å². The summed E-state index contributed by atoms with van der Waals surface area (Å²) in [5, 5.41) is 3.31. The average molecular weight is 267 g/mol. The molecule has 0 amide bonds. The van der Waals surface area contributed by atoms with Crippen LogP contribution in [0.15, 0.2) is 72.8 Å². The van der Waals surface area contributed by atoms with Crippen LogP contribution >= 0.6 is 0 Å². The molecular formula is C17H17NO2. The Labute approximate surface area is 118 Å². The van der Waals surface area contributed by atoms with Crippen LogP contribution in [0.2, 0.25) is 0 Å². The lowest BCUT2D eigenvalue weighted by atomic mass is 9.99. The van der Waals surface area contributed by atoms with Crippen molar-refractivity contribution in [3.63, 3.8) is 0 Å². The van der Waals surface area contributed by atoms with Gasteiger partial charge in [-0.2, -0.15) is 0 Å². The standard InChI is InChI=1S/C17H17NO2/c1-13(17(19)20-2)16(14-9-5-3-6-10-14)18-15-11-7-4-8-12-15/h3-12,16,18H,1H2,2H3. The highest BCUT2D eigenvalue weighted by atomic mass is 16.5. The Morgan fingerprint density at radius 3 is 2.15 bits per heavy atom. The molecule has 102 valence electrons. The maximum atomic E-state index is 11.8. The molecule has 0 radical (unpaired) electrons. The van der Waals surface area contributed by atoms with Crippen LogP contribution in [0.4, 0.5) is 5.69 Å². The first-order valence-electron chi connectivity index (χ1n) is 6.36. The molecule has 1 atom stereocenters. The molecule has 0 aliphatic carbocycles.